The summed E-state index contributed by atoms with van der Waals surface area (Å²) < 4.78 is 24.8. The molecule has 1 aromatic carbocycles. The first-order valence-corrected chi connectivity index (χ1v) is 9.29. The fourth-order valence-corrected chi connectivity index (χ4v) is 3.25. The fourth-order valence-electron chi connectivity index (χ4n) is 3.25. The molecule has 1 aliphatic rings. The molecule has 2 rings (SSSR count). The molecular formula is C19H26FN3O6. The number of hydrogen-bond acceptors (Lipinski definition) is 7. The van der Waals surface area contributed by atoms with Crippen LogP contribution in [0, 0.1) is 15.9 Å². The van der Waals surface area contributed by atoms with E-state index in [1.807, 2.05) is 6.92 Å². The van der Waals surface area contributed by atoms with E-state index in [1.165, 1.54) is 6.07 Å². The molecule has 1 amide bonds. The minimum atomic E-state index is -1.23. The van der Waals surface area contributed by atoms with Gasteiger partial charge in [0.2, 0.25) is 5.82 Å². The van der Waals surface area contributed by atoms with Gasteiger partial charge < -0.3 is 19.3 Å². The number of ether oxygens (including phenoxy) is 2. The van der Waals surface area contributed by atoms with Crippen LogP contribution in [0.4, 0.5) is 20.6 Å². The number of methoxy groups -OCH3 is 1. The average Bonchev–Trinajstić information content (AvgIpc) is 2.64. The van der Waals surface area contributed by atoms with Crippen LogP contribution in [0.1, 0.15) is 44.5 Å². The van der Waals surface area contributed by atoms with Gasteiger partial charge in [0.25, 0.3) is 0 Å². The summed E-state index contributed by atoms with van der Waals surface area (Å²) in [7, 11) is 1.09. The van der Waals surface area contributed by atoms with Crippen molar-refractivity contribution in [3.8, 4) is 0 Å². The Morgan fingerprint density at radius 3 is 2.48 bits per heavy atom. The number of anilines is 1. The maximum absolute atomic E-state index is 14.7. The molecule has 1 heterocycles. The fraction of sp³-hybridized carbons (Fsp3) is 0.579. The number of esters is 1. The van der Waals surface area contributed by atoms with E-state index in [0.717, 1.165) is 13.2 Å². The Labute approximate surface area is 168 Å². The molecule has 0 unspecified atom stereocenters. The van der Waals surface area contributed by atoms with E-state index >= 15 is 0 Å². The predicted molar refractivity (Wildman–Crippen MR) is 104 cm³/mol. The number of benzene rings is 1. The Balaban J connectivity index is 2.37. The maximum atomic E-state index is 14.7. The molecule has 0 aliphatic carbocycles. The Hall–Kier alpha value is -2.91. The molecule has 0 aromatic heterocycles. The molecular weight excluding hydrogens is 385 g/mol. The van der Waals surface area contributed by atoms with Crippen molar-refractivity contribution in [2.75, 3.05) is 31.6 Å². The van der Waals surface area contributed by atoms with Crippen molar-refractivity contribution in [1.82, 2.24) is 4.90 Å². The van der Waals surface area contributed by atoms with Gasteiger partial charge in [0.1, 0.15) is 11.2 Å². The van der Waals surface area contributed by atoms with Crippen molar-refractivity contribution >= 4 is 23.4 Å². The van der Waals surface area contributed by atoms with Crippen LogP contribution in [-0.2, 0) is 9.47 Å². The number of nitrogens with zero attached hydrogens (tertiary/aromatic N) is 3. The van der Waals surface area contributed by atoms with E-state index in [2.05, 4.69) is 4.74 Å². The highest BCUT2D eigenvalue weighted by atomic mass is 19.1. The Bertz CT molecular complexity index is 808. The van der Waals surface area contributed by atoms with Crippen molar-refractivity contribution in [3.05, 3.63) is 33.6 Å². The standard InChI is InChI=1S/C19H26FN3O6/c1-6-12-11-21(18(25)29-19(2,3)4)9-10-22(12)13-7-8-14(23(26)27)16(20)15(13)17(24)28-5/h7-8,12H,6,9-11H2,1-5H3/t12-/m1/s1. The first-order valence-electron chi connectivity index (χ1n) is 9.29. The minimum absolute atomic E-state index is 0.204. The van der Waals surface area contributed by atoms with Gasteiger partial charge >= 0.3 is 17.7 Å². The first kappa shape index (κ1) is 22.4. The van der Waals surface area contributed by atoms with E-state index in [9.17, 15) is 24.1 Å². The van der Waals surface area contributed by atoms with Crippen LogP contribution >= 0.6 is 0 Å². The summed E-state index contributed by atoms with van der Waals surface area (Å²) in [6, 6.07) is 2.14. The second-order valence-electron chi connectivity index (χ2n) is 7.72. The maximum Gasteiger partial charge on any atom is 0.410 e. The largest absolute Gasteiger partial charge is 0.465 e. The topological polar surface area (TPSA) is 102 Å². The van der Waals surface area contributed by atoms with Gasteiger partial charge in [-0.2, -0.15) is 4.39 Å². The van der Waals surface area contributed by atoms with Crippen LogP contribution in [0.3, 0.4) is 0 Å². The zero-order valence-electron chi connectivity index (χ0n) is 17.2. The SMILES string of the molecule is CC[C@@H]1CN(C(=O)OC(C)(C)C)CCN1c1ccc([N+](=O)[O-])c(F)c1C(=O)OC. The molecule has 1 atom stereocenters. The quantitative estimate of drug-likeness (QED) is 0.425. The lowest BCUT2D eigenvalue weighted by atomic mass is 10.0. The number of amides is 1. The molecule has 29 heavy (non-hydrogen) atoms. The number of halogens is 1. The van der Waals surface area contributed by atoms with Crippen LogP contribution in [-0.4, -0.2) is 60.3 Å². The zero-order chi connectivity index (χ0) is 21.9. The Morgan fingerprint density at radius 1 is 1.31 bits per heavy atom. The summed E-state index contributed by atoms with van der Waals surface area (Å²) in [6.07, 6.45) is 0.150. The molecule has 160 valence electrons. The predicted octanol–water partition coefficient (Wildman–Crippen LogP) is 3.36. The second kappa shape index (κ2) is 8.62. The van der Waals surface area contributed by atoms with Gasteiger partial charge in [-0.1, -0.05) is 6.92 Å². The van der Waals surface area contributed by atoms with E-state index in [1.54, 1.807) is 30.6 Å². The third-order valence-corrected chi connectivity index (χ3v) is 4.60. The van der Waals surface area contributed by atoms with E-state index in [4.69, 9.17) is 4.74 Å². The van der Waals surface area contributed by atoms with Crippen LogP contribution < -0.4 is 4.90 Å². The summed E-state index contributed by atoms with van der Waals surface area (Å²) in [5.41, 5.74) is -1.70. The summed E-state index contributed by atoms with van der Waals surface area (Å²) in [5, 5.41) is 11.1. The smallest absolute Gasteiger partial charge is 0.410 e. The molecule has 0 bridgehead atoms. The molecule has 1 aromatic rings. The number of hydrogen-bond donors (Lipinski definition) is 0. The lowest BCUT2D eigenvalue weighted by Gasteiger charge is -2.43. The third kappa shape index (κ3) is 4.93. The second-order valence-corrected chi connectivity index (χ2v) is 7.72. The molecule has 9 nitrogen and oxygen atoms in total. The van der Waals surface area contributed by atoms with Crippen LogP contribution in [0.5, 0.6) is 0 Å². The number of carbonyl (C=O) groups is 2. The molecule has 0 radical (unpaired) electrons. The lowest BCUT2D eigenvalue weighted by Crippen LogP contribution is -2.55. The van der Waals surface area contributed by atoms with E-state index in [0.29, 0.717) is 26.1 Å². The highest BCUT2D eigenvalue weighted by Crippen LogP contribution is 2.33. The van der Waals surface area contributed by atoms with E-state index < -0.39 is 39.7 Å². The lowest BCUT2D eigenvalue weighted by molar-refractivity contribution is -0.387. The molecule has 0 N–H and O–H groups in total. The van der Waals surface area contributed by atoms with Crippen molar-refractivity contribution in [1.29, 1.82) is 0 Å². The number of nitro benzene ring substituents is 1. The van der Waals surface area contributed by atoms with Gasteiger partial charge in [0, 0.05) is 31.7 Å². The molecule has 0 saturated carbocycles. The van der Waals surface area contributed by atoms with Crippen molar-refractivity contribution in [3.63, 3.8) is 0 Å². The summed E-state index contributed by atoms with van der Waals surface area (Å²) >= 11 is 0. The summed E-state index contributed by atoms with van der Waals surface area (Å²) in [6.45, 7) is 8.15. The van der Waals surface area contributed by atoms with Gasteiger partial charge in [0.15, 0.2) is 0 Å². The molecule has 10 heteroatoms. The summed E-state index contributed by atoms with van der Waals surface area (Å²) in [4.78, 5) is 38.1. The van der Waals surface area contributed by atoms with Gasteiger partial charge in [0.05, 0.1) is 17.7 Å². The van der Waals surface area contributed by atoms with Crippen molar-refractivity contribution in [2.45, 2.75) is 45.8 Å². The highest BCUT2D eigenvalue weighted by molar-refractivity contribution is 5.97. The van der Waals surface area contributed by atoms with Gasteiger partial charge in [-0.25, -0.2) is 9.59 Å². The highest BCUT2D eigenvalue weighted by Gasteiger charge is 2.35. The van der Waals surface area contributed by atoms with Gasteiger partial charge in [-0.3, -0.25) is 10.1 Å². The molecule has 0 spiro atoms. The molecule has 1 saturated heterocycles. The Kier molecular flexibility index (Phi) is 6.66. The first-order chi connectivity index (χ1) is 13.5. The minimum Gasteiger partial charge on any atom is -0.465 e. The average molecular weight is 411 g/mol. The normalized spacial score (nSPS) is 17.1. The summed E-state index contributed by atoms with van der Waals surface area (Å²) in [5.74, 6) is -2.23. The van der Waals surface area contributed by atoms with Gasteiger partial charge in [-0.15, -0.1) is 0 Å². The molecule has 1 fully saturated rings. The van der Waals surface area contributed by atoms with E-state index in [-0.39, 0.29) is 11.7 Å². The zero-order valence-corrected chi connectivity index (χ0v) is 17.2. The number of rotatable bonds is 4. The van der Waals surface area contributed by atoms with Crippen molar-refractivity contribution in [2.24, 2.45) is 0 Å². The van der Waals surface area contributed by atoms with Crippen molar-refractivity contribution < 1.29 is 28.4 Å². The Morgan fingerprint density at radius 2 is 1.97 bits per heavy atom. The number of piperazine rings is 1. The third-order valence-electron chi connectivity index (χ3n) is 4.60. The number of nitro groups is 1. The molecule has 1 aliphatic heterocycles. The van der Waals surface area contributed by atoms with Crippen LogP contribution in [0.25, 0.3) is 0 Å². The van der Waals surface area contributed by atoms with Gasteiger partial charge in [-0.05, 0) is 33.3 Å². The van der Waals surface area contributed by atoms with Crippen LogP contribution in [0.2, 0.25) is 0 Å². The number of carbonyl (C=O) groups excluding carboxylic acids is 2. The van der Waals surface area contributed by atoms with Crippen LogP contribution in [0.15, 0.2) is 12.1 Å². The monoisotopic (exact) mass is 411 g/mol.